The molecule has 0 aliphatic heterocycles. The van der Waals surface area contributed by atoms with Crippen molar-refractivity contribution < 1.29 is 9.84 Å². The summed E-state index contributed by atoms with van der Waals surface area (Å²) in [5.41, 5.74) is 0.978. The number of hydrogen-bond acceptors (Lipinski definition) is 2. The van der Waals surface area contributed by atoms with E-state index in [4.69, 9.17) is 33.0 Å². The van der Waals surface area contributed by atoms with Crippen LogP contribution in [0.2, 0.25) is 10.0 Å². The maximum Gasteiger partial charge on any atom is 0.156 e. The highest BCUT2D eigenvalue weighted by Crippen LogP contribution is 2.33. The van der Waals surface area contributed by atoms with Crippen LogP contribution < -0.4 is 4.74 Å². The van der Waals surface area contributed by atoms with E-state index in [0.717, 1.165) is 5.56 Å². The second-order valence-corrected chi connectivity index (χ2v) is 3.44. The van der Waals surface area contributed by atoms with Crippen LogP contribution in [0.15, 0.2) is 12.1 Å². The number of aliphatic hydroxyl groups excluding tert-OH is 1. The fourth-order valence-electron chi connectivity index (χ4n) is 0.972. The Balaban J connectivity index is 2.92. The first-order valence-corrected chi connectivity index (χ1v) is 4.60. The van der Waals surface area contributed by atoms with E-state index in [-0.39, 0.29) is 13.2 Å². The van der Waals surface area contributed by atoms with Gasteiger partial charge < -0.3 is 9.84 Å². The average molecular weight is 221 g/mol. The van der Waals surface area contributed by atoms with Crippen molar-refractivity contribution in [1.82, 2.24) is 0 Å². The molecule has 0 fully saturated rings. The van der Waals surface area contributed by atoms with E-state index < -0.39 is 0 Å². The van der Waals surface area contributed by atoms with Crippen LogP contribution >= 0.6 is 23.2 Å². The first-order chi connectivity index (χ1) is 6.15. The van der Waals surface area contributed by atoms with Crippen molar-refractivity contribution in [2.24, 2.45) is 0 Å². The van der Waals surface area contributed by atoms with Crippen LogP contribution in [-0.2, 0) is 0 Å². The highest BCUT2D eigenvalue weighted by Gasteiger charge is 2.07. The third kappa shape index (κ3) is 2.76. The summed E-state index contributed by atoms with van der Waals surface area (Å²) in [6.07, 6.45) is 0. The van der Waals surface area contributed by atoms with Crippen molar-refractivity contribution in [3.05, 3.63) is 27.7 Å². The number of aliphatic hydroxyl groups is 1. The molecule has 0 unspecified atom stereocenters. The Morgan fingerprint density at radius 1 is 1.31 bits per heavy atom. The third-order valence-corrected chi connectivity index (χ3v) is 2.04. The molecule has 0 aliphatic carbocycles. The largest absolute Gasteiger partial charge is 0.488 e. The first kappa shape index (κ1) is 10.6. The Labute approximate surface area is 87.0 Å². The van der Waals surface area contributed by atoms with Crippen LogP contribution in [0.4, 0.5) is 0 Å². The van der Waals surface area contributed by atoms with Gasteiger partial charge in [-0.15, -0.1) is 0 Å². The maximum atomic E-state index is 8.55. The molecule has 1 N–H and O–H groups in total. The molecule has 1 rings (SSSR count). The first-order valence-electron chi connectivity index (χ1n) is 3.84. The molecule has 0 bridgehead atoms. The van der Waals surface area contributed by atoms with Crippen molar-refractivity contribution in [3.8, 4) is 5.75 Å². The van der Waals surface area contributed by atoms with Crippen LogP contribution in [0.1, 0.15) is 5.56 Å². The SMILES string of the molecule is Cc1cc(Cl)c(OCCO)c(Cl)c1. The fourth-order valence-corrected chi connectivity index (χ4v) is 1.68. The zero-order chi connectivity index (χ0) is 9.84. The van der Waals surface area contributed by atoms with E-state index in [2.05, 4.69) is 0 Å². The normalized spacial score (nSPS) is 10.2. The van der Waals surface area contributed by atoms with Gasteiger partial charge in [0.15, 0.2) is 5.75 Å². The quantitative estimate of drug-likeness (QED) is 0.850. The predicted molar refractivity (Wildman–Crippen MR) is 53.8 cm³/mol. The second-order valence-electron chi connectivity index (χ2n) is 2.63. The third-order valence-electron chi connectivity index (χ3n) is 1.48. The lowest BCUT2D eigenvalue weighted by Gasteiger charge is -2.09. The second kappa shape index (κ2) is 4.70. The van der Waals surface area contributed by atoms with Crippen LogP contribution in [0.5, 0.6) is 5.75 Å². The molecule has 0 spiro atoms. The number of hydrogen-bond donors (Lipinski definition) is 1. The number of halogens is 2. The van der Waals surface area contributed by atoms with Gasteiger partial charge in [-0.3, -0.25) is 0 Å². The average Bonchev–Trinajstić information content (AvgIpc) is 2.02. The van der Waals surface area contributed by atoms with Crippen LogP contribution in [0.3, 0.4) is 0 Å². The molecule has 0 aromatic heterocycles. The summed E-state index contributed by atoms with van der Waals surface area (Å²) in [5, 5.41) is 9.49. The highest BCUT2D eigenvalue weighted by atomic mass is 35.5. The van der Waals surface area contributed by atoms with E-state index in [0.29, 0.717) is 15.8 Å². The molecule has 0 aliphatic rings. The summed E-state index contributed by atoms with van der Waals surface area (Å²) in [4.78, 5) is 0. The standard InChI is InChI=1S/C9H10Cl2O2/c1-6-4-7(10)9(8(11)5-6)13-3-2-12/h4-5,12H,2-3H2,1H3. The number of aryl methyl sites for hydroxylation is 1. The lowest BCUT2D eigenvalue weighted by atomic mass is 10.2. The van der Waals surface area contributed by atoms with Gasteiger partial charge in [0.1, 0.15) is 6.61 Å². The lowest BCUT2D eigenvalue weighted by Crippen LogP contribution is -2.02. The Kier molecular flexibility index (Phi) is 3.85. The molecule has 0 atom stereocenters. The smallest absolute Gasteiger partial charge is 0.156 e. The van der Waals surface area contributed by atoms with Gasteiger partial charge in [-0.05, 0) is 24.6 Å². The zero-order valence-corrected chi connectivity index (χ0v) is 8.69. The number of rotatable bonds is 3. The number of ether oxygens (including phenoxy) is 1. The fraction of sp³-hybridized carbons (Fsp3) is 0.333. The van der Waals surface area contributed by atoms with Crippen molar-refractivity contribution in [3.63, 3.8) is 0 Å². The van der Waals surface area contributed by atoms with Gasteiger partial charge in [0.2, 0.25) is 0 Å². The van der Waals surface area contributed by atoms with Gasteiger partial charge in [0.05, 0.1) is 16.7 Å². The molecule has 2 nitrogen and oxygen atoms in total. The molecule has 72 valence electrons. The Morgan fingerprint density at radius 3 is 2.31 bits per heavy atom. The van der Waals surface area contributed by atoms with Crippen molar-refractivity contribution in [2.75, 3.05) is 13.2 Å². The van der Waals surface area contributed by atoms with Crippen molar-refractivity contribution in [1.29, 1.82) is 0 Å². The summed E-state index contributed by atoms with van der Waals surface area (Å²) in [6.45, 7) is 2.04. The lowest BCUT2D eigenvalue weighted by molar-refractivity contribution is 0.201. The summed E-state index contributed by atoms with van der Waals surface area (Å²) in [6, 6.07) is 3.53. The molecular weight excluding hydrogens is 211 g/mol. The molecule has 13 heavy (non-hydrogen) atoms. The minimum Gasteiger partial charge on any atom is -0.488 e. The number of benzene rings is 1. The van der Waals surface area contributed by atoms with Gasteiger partial charge in [0, 0.05) is 0 Å². The molecule has 0 saturated carbocycles. The van der Waals surface area contributed by atoms with Crippen molar-refractivity contribution in [2.45, 2.75) is 6.92 Å². The predicted octanol–water partition coefficient (Wildman–Crippen LogP) is 2.67. The summed E-state index contributed by atoms with van der Waals surface area (Å²) >= 11 is 11.8. The Morgan fingerprint density at radius 2 is 1.85 bits per heavy atom. The van der Waals surface area contributed by atoms with Gasteiger partial charge in [-0.25, -0.2) is 0 Å². The van der Waals surface area contributed by atoms with Gasteiger partial charge >= 0.3 is 0 Å². The van der Waals surface area contributed by atoms with Gasteiger partial charge in [-0.1, -0.05) is 23.2 Å². The van der Waals surface area contributed by atoms with E-state index in [9.17, 15) is 0 Å². The van der Waals surface area contributed by atoms with Gasteiger partial charge in [0.25, 0.3) is 0 Å². The highest BCUT2D eigenvalue weighted by molar-refractivity contribution is 6.37. The Hall–Kier alpha value is -0.440. The van der Waals surface area contributed by atoms with Crippen LogP contribution in [0.25, 0.3) is 0 Å². The van der Waals surface area contributed by atoms with E-state index in [1.165, 1.54) is 0 Å². The molecule has 4 heteroatoms. The van der Waals surface area contributed by atoms with Crippen molar-refractivity contribution >= 4 is 23.2 Å². The molecule has 0 amide bonds. The topological polar surface area (TPSA) is 29.5 Å². The molecule has 1 aromatic rings. The summed E-state index contributed by atoms with van der Waals surface area (Å²) in [5.74, 6) is 0.433. The summed E-state index contributed by atoms with van der Waals surface area (Å²) < 4.78 is 5.16. The minimum absolute atomic E-state index is 0.0550. The zero-order valence-electron chi connectivity index (χ0n) is 7.18. The molecule has 1 aromatic carbocycles. The molecule has 0 radical (unpaired) electrons. The minimum atomic E-state index is -0.0550. The Bertz CT molecular complexity index is 277. The van der Waals surface area contributed by atoms with E-state index in [1.54, 1.807) is 12.1 Å². The molecular formula is C9H10Cl2O2. The summed E-state index contributed by atoms with van der Waals surface area (Å²) in [7, 11) is 0. The van der Waals surface area contributed by atoms with Gasteiger partial charge in [-0.2, -0.15) is 0 Å². The van der Waals surface area contributed by atoms with E-state index >= 15 is 0 Å². The monoisotopic (exact) mass is 220 g/mol. The van der Waals surface area contributed by atoms with Crippen LogP contribution in [-0.4, -0.2) is 18.3 Å². The molecule has 0 saturated heterocycles. The maximum absolute atomic E-state index is 8.55. The van der Waals surface area contributed by atoms with E-state index in [1.807, 2.05) is 6.92 Å². The van der Waals surface area contributed by atoms with Crippen LogP contribution in [0, 0.1) is 6.92 Å². The molecule has 0 heterocycles.